The molecule has 1 aliphatic heterocycles. The molecule has 2 aromatic carbocycles. The van der Waals surface area contributed by atoms with Gasteiger partial charge in [0.25, 0.3) is 0 Å². The molecule has 0 fully saturated rings. The van der Waals surface area contributed by atoms with Gasteiger partial charge in [0.05, 0.1) is 24.6 Å². The summed E-state index contributed by atoms with van der Waals surface area (Å²) in [6.07, 6.45) is 0. The summed E-state index contributed by atoms with van der Waals surface area (Å²) in [5.74, 6) is 0.635. The molecule has 38 heavy (non-hydrogen) atoms. The number of sulfonamides is 1. The quantitative estimate of drug-likeness (QED) is 0.362. The van der Waals surface area contributed by atoms with Crippen LogP contribution in [-0.4, -0.2) is 63.0 Å². The zero-order valence-electron chi connectivity index (χ0n) is 21.1. The first-order valence-corrected chi connectivity index (χ1v) is 14.1. The van der Waals surface area contributed by atoms with Gasteiger partial charge in [-0.3, -0.25) is 9.59 Å². The molecule has 0 spiro atoms. The van der Waals surface area contributed by atoms with E-state index in [0.717, 1.165) is 14.7 Å². The van der Waals surface area contributed by atoms with Gasteiger partial charge in [0.15, 0.2) is 11.5 Å². The molecule has 202 valence electrons. The zero-order chi connectivity index (χ0) is 27.1. The molecule has 0 unspecified atom stereocenters. The number of anilines is 1. The van der Waals surface area contributed by atoms with E-state index in [1.54, 1.807) is 11.0 Å². The van der Waals surface area contributed by atoms with Gasteiger partial charge in [-0.05, 0) is 53.4 Å². The summed E-state index contributed by atoms with van der Waals surface area (Å²) < 4.78 is 44.1. The van der Waals surface area contributed by atoms with E-state index in [0.29, 0.717) is 23.7 Å². The highest BCUT2D eigenvalue weighted by molar-refractivity contribution is 7.89. The number of hydrogen-bond acceptors (Lipinski definition) is 8. The van der Waals surface area contributed by atoms with Crippen LogP contribution in [0.25, 0.3) is 0 Å². The standard InChI is InChI=1S/C26H29N3O7S2/c1-19(30)27-21-6-8-23(9-7-21)38(32,33)29(11-12-34-2)17-26(31)28(16-22-4-3-13-37-22)15-20-5-10-24-25(14-20)36-18-35-24/h3-10,13-14H,11-12,15-18H2,1-2H3,(H,27,30). The van der Waals surface area contributed by atoms with Crippen molar-refractivity contribution in [3.63, 3.8) is 0 Å². The topological polar surface area (TPSA) is 114 Å². The fourth-order valence-corrected chi connectivity index (χ4v) is 5.97. The number of carbonyl (C=O) groups is 2. The number of thiophene rings is 1. The first-order chi connectivity index (χ1) is 18.3. The van der Waals surface area contributed by atoms with Crippen molar-refractivity contribution in [3.8, 4) is 11.5 Å². The lowest BCUT2D eigenvalue weighted by atomic mass is 10.2. The van der Waals surface area contributed by atoms with E-state index in [2.05, 4.69) is 5.32 Å². The van der Waals surface area contributed by atoms with Crippen molar-refractivity contribution in [3.05, 3.63) is 70.4 Å². The third-order valence-electron chi connectivity index (χ3n) is 5.76. The number of benzene rings is 2. The predicted octanol–water partition coefficient (Wildman–Crippen LogP) is 3.30. The Morgan fingerprint density at radius 1 is 1.05 bits per heavy atom. The molecule has 1 aromatic heterocycles. The summed E-state index contributed by atoms with van der Waals surface area (Å²) in [7, 11) is -2.56. The van der Waals surface area contributed by atoms with Crippen molar-refractivity contribution in [1.29, 1.82) is 0 Å². The Kier molecular flexibility index (Phi) is 9.00. The maximum Gasteiger partial charge on any atom is 0.243 e. The van der Waals surface area contributed by atoms with Gasteiger partial charge in [0.1, 0.15) is 0 Å². The normalized spacial score (nSPS) is 12.5. The van der Waals surface area contributed by atoms with Crippen LogP contribution in [0.2, 0.25) is 0 Å². The Bertz CT molecular complexity index is 1360. The van der Waals surface area contributed by atoms with Crippen LogP contribution in [0.4, 0.5) is 5.69 Å². The van der Waals surface area contributed by atoms with Crippen LogP contribution in [0.15, 0.2) is 64.9 Å². The molecule has 0 bridgehead atoms. The Balaban J connectivity index is 1.56. The Morgan fingerprint density at radius 3 is 2.50 bits per heavy atom. The number of amides is 2. The summed E-state index contributed by atoms with van der Waals surface area (Å²) in [6, 6.07) is 15.1. The van der Waals surface area contributed by atoms with Crippen LogP contribution in [0.5, 0.6) is 11.5 Å². The number of rotatable bonds is 12. The first kappa shape index (κ1) is 27.6. The highest BCUT2D eigenvalue weighted by atomic mass is 32.2. The minimum atomic E-state index is -4.03. The number of methoxy groups -OCH3 is 1. The van der Waals surface area contributed by atoms with Crippen molar-refractivity contribution in [2.45, 2.75) is 24.9 Å². The molecule has 1 N–H and O–H groups in total. The molecular formula is C26H29N3O7S2. The molecule has 1 aliphatic rings. The Morgan fingerprint density at radius 2 is 1.82 bits per heavy atom. The van der Waals surface area contributed by atoms with Gasteiger partial charge in [0, 0.05) is 37.7 Å². The van der Waals surface area contributed by atoms with E-state index in [9.17, 15) is 18.0 Å². The number of carbonyl (C=O) groups excluding carboxylic acids is 2. The smallest absolute Gasteiger partial charge is 0.243 e. The van der Waals surface area contributed by atoms with Crippen LogP contribution in [0.3, 0.4) is 0 Å². The average Bonchev–Trinajstić information content (AvgIpc) is 3.57. The molecule has 0 radical (unpaired) electrons. The lowest BCUT2D eigenvalue weighted by Gasteiger charge is -2.27. The number of fused-ring (bicyclic) bond motifs is 1. The van der Waals surface area contributed by atoms with Crippen LogP contribution >= 0.6 is 11.3 Å². The van der Waals surface area contributed by atoms with Gasteiger partial charge in [-0.1, -0.05) is 12.1 Å². The van der Waals surface area contributed by atoms with Crippen LogP contribution in [0, 0.1) is 0 Å². The molecule has 2 amide bonds. The van der Waals surface area contributed by atoms with Crippen molar-refractivity contribution in [2.24, 2.45) is 0 Å². The van der Waals surface area contributed by atoms with Gasteiger partial charge in [0.2, 0.25) is 28.6 Å². The van der Waals surface area contributed by atoms with E-state index < -0.39 is 10.0 Å². The van der Waals surface area contributed by atoms with E-state index in [1.807, 2.05) is 29.6 Å². The number of hydrogen-bond donors (Lipinski definition) is 1. The SMILES string of the molecule is COCCN(CC(=O)N(Cc1ccc2c(c1)OCO2)Cc1cccs1)S(=O)(=O)c1ccc(NC(C)=O)cc1. The Hall–Kier alpha value is -3.45. The molecule has 0 atom stereocenters. The molecular weight excluding hydrogens is 530 g/mol. The Labute approximate surface area is 225 Å². The van der Waals surface area contributed by atoms with Gasteiger partial charge in [-0.2, -0.15) is 4.31 Å². The maximum atomic E-state index is 13.6. The summed E-state index contributed by atoms with van der Waals surface area (Å²) >= 11 is 1.52. The van der Waals surface area contributed by atoms with Crippen LogP contribution < -0.4 is 14.8 Å². The highest BCUT2D eigenvalue weighted by Gasteiger charge is 2.29. The van der Waals surface area contributed by atoms with Crippen LogP contribution in [0.1, 0.15) is 17.4 Å². The molecule has 0 aliphatic carbocycles. The summed E-state index contributed by atoms with van der Waals surface area (Å²) in [5, 5.41) is 4.54. The lowest BCUT2D eigenvalue weighted by Crippen LogP contribution is -2.43. The molecule has 4 rings (SSSR count). The molecule has 0 saturated carbocycles. The fraction of sp³-hybridized carbons (Fsp3) is 0.308. The maximum absolute atomic E-state index is 13.6. The summed E-state index contributed by atoms with van der Waals surface area (Å²) in [6.45, 7) is 1.85. The summed E-state index contributed by atoms with van der Waals surface area (Å²) in [4.78, 5) is 27.5. The third-order valence-corrected chi connectivity index (χ3v) is 8.48. The van der Waals surface area contributed by atoms with Gasteiger partial charge >= 0.3 is 0 Å². The zero-order valence-corrected chi connectivity index (χ0v) is 22.7. The van der Waals surface area contributed by atoms with E-state index >= 15 is 0 Å². The van der Waals surface area contributed by atoms with Crippen molar-refractivity contribution in [1.82, 2.24) is 9.21 Å². The highest BCUT2D eigenvalue weighted by Crippen LogP contribution is 2.33. The van der Waals surface area contributed by atoms with E-state index in [1.165, 1.54) is 49.6 Å². The number of nitrogens with one attached hydrogen (secondary N) is 1. The molecule has 2 heterocycles. The lowest BCUT2D eigenvalue weighted by molar-refractivity contribution is -0.132. The molecule has 0 saturated heterocycles. The number of nitrogens with zero attached hydrogens (tertiary/aromatic N) is 2. The van der Waals surface area contributed by atoms with E-state index in [4.69, 9.17) is 14.2 Å². The predicted molar refractivity (Wildman–Crippen MR) is 143 cm³/mol. The average molecular weight is 560 g/mol. The first-order valence-electron chi connectivity index (χ1n) is 11.8. The summed E-state index contributed by atoms with van der Waals surface area (Å²) in [5.41, 5.74) is 1.31. The third kappa shape index (κ3) is 6.90. The fourth-order valence-electron chi connectivity index (χ4n) is 3.87. The van der Waals surface area contributed by atoms with E-state index in [-0.39, 0.29) is 49.7 Å². The van der Waals surface area contributed by atoms with Gasteiger partial charge in [-0.15, -0.1) is 11.3 Å². The minimum absolute atomic E-state index is 0.00507. The van der Waals surface area contributed by atoms with Crippen molar-refractivity contribution < 1.29 is 32.2 Å². The van der Waals surface area contributed by atoms with Gasteiger partial charge in [-0.25, -0.2) is 8.42 Å². The van der Waals surface area contributed by atoms with Crippen molar-refractivity contribution in [2.75, 3.05) is 38.9 Å². The second-order valence-electron chi connectivity index (χ2n) is 8.55. The second kappa shape index (κ2) is 12.4. The minimum Gasteiger partial charge on any atom is -0.454 e. The van der Waals surface area contributed by atoms with Crippen LogP contribution in [-0.2, 0) is 37.4 Å². The second-order valence-corrected chi connectivity index (χ2v) is 11.5. The van der Waals surface area contributed by atoms with Gasteiger partial charge < -0.3 is 24.4 Å². The number of ether oxygens (including phenoxy) is 3. The largest absolute Gasteiger partial charge is 0.454 e. The monoisotopic (exact) mass is 559 g/mol. The van der Waals surface area contributed by atoms with Crippen molar-refractivity contribution >= 4 is 38.9 Å². The molecule has 10 nitrogen and oxygen atoms in total. The molecule has 12 heteroatoms. The molecule has 3 aromatic rings.